The summed E-state index contributed by atoms with van der Waals surface area (Å²) in [6.07, 6.45) is 0. The molecule has 0 spiro atoms. The summed E-state index contributed by atoms with van der Waals surface area (Å²) in [5.41, 5.74) is -1.59. The smallest absolute Gasteiger partial charge is 0.353 e. The van der Waals surface area contributed by atoms with Crippen LogP contribution in [0.4, 0.5) is 0 Å². The zero-order valence-electron chi connectivity index (χ0n) is 8.86. The van der Waals surface area contributed by atoms with E-state index in [9.17, 15) is 14.4 Å². The fourth-order valence-corrected chi connectivity index (χ4v) is 2.11. The molecule has 0 aliphatic carbocycles. The number of aromatic amines is 2. The Balaban J connectivity index is 2.82. The van der Waals surface area contributed by atoms with Gasteiger partial charge in [0, 0.05) is 3.57 Å². The van der Waals surface area contributed by atoms with Crippen LogP contribution in [0.1, 0.15) is 10.5 Å². The molecule has 0 saturated carbocycles. The third-order valence-electron chi connectivity index (χ3n) is 2.27. The zero-order valence-corrected chi connectivity index (χ0v) is 11.0. The van der Waals surface area contributed by atoms with Gasteiger partial charge in [0.05, 0.1) is 5.56 Å². The Hall–Kier alpha value is -1.90. The van der Waals surface area contributed by atoms with Crippen molar-refractivity contribution in [3.63, 3.8) is 0 Å². The van der Waals surface area contributed by atoms with E-state index in [1.54, 1.807) is 18.2 Å². The Morgan fingerprint density at radius 3 is 2.56 bits per heavy atom. The average molecular weight is 358 g/mol. The second kappa shape index (κ2) is 4.77. The Kier molecular flexibility index (Phi) is 3.32. The number of aromatic carboxylic acids is 1. The van der Waals surface area contributed by atoms with Crippen molar-refractivity contribution in [1.82, 2.24) is 9.97 Å². The lowest BCUT2D eigenvalue weighted by Crippen LogP contribution is -2.27. The van der Waals surface area contributed by atoms with Crippen molar-refractivity contribution in [1.29, 1.82) is 0 Å². The number of rotatable bonds is 2. The molecular weight excluding hydrogens is 351 g/mol. The number of benzene rings is 1. The van der Waals surface area contributed by atoms with E-state index in [1.807, 2.05) is 33.6 Å². The molecule has 7 heteroatoms. The first-order chi connectivity index (χ1) is 8.49. The van der Waals surface area contributed by atoms with E-state index >= 15 is 0 Å². The van der Waals surface area contributed by atoms with Crippen LogP contribution in [0, 0.1) is 3.57 Å². The van der Waals surface area contributed by atoms with Crippen molar-refractivity contribution in [2.75, 3.05) is 0 Å². The molecule has 0 radical (unpaired) electrons. The van der Waals surface area contributed by atoms with Crippen molar-refractivity contribution < 1.29 is 9.90 Å². The van der Waals surface area contributed by atoms with Crippen LogP contribution in [0.25, 0.3) is 11.1 Å². The van der Waals surface area contributed by atoms with Gasteiger partial charge in [0.1, 0.15) is 5.69 Å². The Morgan fingerprint density at radius 1 is 1.22 bits per heavy atom. The van der Waals surface area contributed by atoms with Crippen LogP contribution < -0.4 is 11.2 Å². The van der Waals surface area contributed by atoms with Crippen LogP contribution in [-0.2, 0) is 0 Å². The Morgan fingerprint density at radius 2 is 1.94 bits per heavy atom. The highest BCUT2D eigenvalue weighted by Gasteiger charge is 2.17. The lowest BCUT2D eigenvalue weighted by molar-refractivity contribution is 0.0690. The molecule has 0 unspecified atom stereocenters. The minimum atomic E-state index is -1.35. The molecular formula is C11H7IN2O4. The fraction of sp³-hybridized carbons (Fsp3) is 0. The SMILES string of the molecule is O=C(O)c1[nH]c(=O)[nH]c(=O)c1-c1cccc(I)c1. The lowest BCUT2D eigenvalue weighted by Gasteiger charge is -2.04. The summed E-state index contributed by atoms with van der Waals surface area (Å²) < 4.78 is 0.854. The molecule has 1 aromatic heterocycles. The van der Waals surface area contributed by atoms with Crippen molar-refractivity contribution >= 4 is 28.6 Å². The van der Waals surface area contributed by atoms with Gasteiger partial charge in [-0.2, -0.15) is 0 Å². The van der Waals surface area contributed by atoms with Crippen molar-refractivity contribution in [3.8, 4) is 11.1 Å². The summed E-state index contributed by atoms with van der Waals surface area (Å²) in [6.45, 7) is 0. The molecule has 0 atom stereocenters. The lowest BCUT2D eigenvalue weighted by atomic mass is 10.1. The van der Waals surface area contributed by atoms with Crippen molar-refractivity contribution in [2.45, 2.75) is 0 Å². The van der Waals surface area contributed by atoms with Gasteiger partial charge >= 0.3 is 11.7 Å². The third-order valence-corrected chi connectivity index (χ3v) is 2.94. The fourth-order valence-electron chi connectivity index (χ4n) is 1.57. The summed E-state index contributed by atoms with van der Waals surface area (Å²) in [4.78, 5) is 38.0. The van der Waals surface area contributed by atoms with E-state index in [1.165, 1.54) is 0 Å². The van der Waals surface area contributed by atoms with E-state index in [4.69, 9.17) is 5.11 Å². The molecule has 3 N–H and O–H groups in total. The van der Waals surface area contributed by atoms with Crippen molar-refractivity contribution in [3.05, 3.63) is 54.4 Å². The topological polar surface area (TPSA) is 103 Å². The number of nitrogens with one attached hydrogen (secondary N) is 2. The molecule has 0 aliphatic rings. The van der Waals surface area contributed by atoms with E-state index < -0.39 is 22.9 Å². The molecule has 6 nitrogen and oxygen atoms in total. The number of aromatic nitrogens is 2. The maximum Gasteiger partial charge on any atom is 0.353 e. The van der Waals surface area contributed by atoms with Gasteiger partial charge in [0.25, 0.3) is 5.56 Å². The predicted molar refractivity (Wildman–Crippen MR) is 72.8 cm³/mol. The average Bonchev–Trinajstić information content (AvgIpc) is 2.27. The molecule has 0 aliphatic heterocycles. The Bertz CT molecular complexity index is 732. The molecule has 2 rings (SSSR count). The quantitative estimate of drug-likeness (QED) is 0.698. The van der Waals surface area contributed by atoms with Gasteiger partial charge in [-0.15, -0.1) is 0 Å². The summed E-state index contributed by atoms with van der Waals surface area (Å²) in [5, 5.41) is 9.02. The molecule has 0 bridgehead atoms. The molecule has 0 saturated heterocycles. The van der Waals surface area contributed by atoms with Crippen LogP contribution in [-0.4, -0.2) is 21.0 Å². The van der Waals surface area contributed by atoms with Crippen LogP contribution in [0.3, 0.4) is 0 Å². The maximum absolute atomic E-state index is 11.7. The molecule has 18 heavy (non-hydrogen) atoms. The van der Waals surface area contributed by atoms with Gasteiger partial charge in [-0.05, 0) is 40.3 Å². The molecule has 92 valence electrons. The largest absolute Gasteiger partial charge is 0.477 e. The second-order valence-electron chi connectivity index (χ2n) is 3.47. The molecule has 0 fully saturated rings. The highest BCUT2D eigenvalue weighted by atomic mass is 127. The van der Waals surface area contributed by atoms with E-state index in [0.717, 1.165) is 3.57 Å². The van der Waals surface area contributed by atoms with Gasteiger partial charge < -0.3 is 10.1 Å². The number of carboxylic acid groups (broad SMARTS) is 1. The zero-order chi connectivity index (χ0) is 13.3. The summed E-state index contributed by atoms with van der Waals surface area (Å²) in [5.74, 6) is -1.35. The molecule has 1 heterocycles. The van der Waals surface area contributed by atoms with Crippen LogP contribution in [0.5, 0.6) is 0 Å². The van der Waals surface area contributed by atoms with Gasteiger partial charge in [-0.1, -0.05) is 12.1 Å². The first-order valence-electron chi connectivity index (χ1n) is 4.85. The summed E-state index contributed by atoms with van der Waals surface area (Å²) in [7, 11) is 0. The van der Waals surface area contributed by atoms with Crippen LogP contribution in [0.2, 0.25) is 0 Å². The molecule has 0 amide bonds. The van der Waals surface area contributed by atoms with E-state index in [2.05, 4.69) is 4.98 Å². The molecule has 2 aromatic rings. The number of H-pyrrole nitrogens is 2. The van der Waals surface area contributed by atoms with Gasteiger partial charge in [-0.3, -0.25) is 9.78 Å². The summed E-state index contributed by atoms with van der Waals surface area (Å²) in [6, 6.07) is 6.78. The number of hydrogen-bond acceptors (Lipinski definition) is 3. The predicted octanol–water partition coefficient (Wildman–Crippen LogP) is 1.03. The minimum Gasteiger partial charge on any atom is -0.477 e. The highest BCUT2D eigenvalue weighted by Crippen LogP contribution is 2.19. The van der Waals surface area contributed by atoms with Gasteiger partial charge in [0.15, 0.2) is 0 Å². The first-order valence-corrected chi connectivity index (χ1v) is 5.93. The minimum absolute atomic E-state index is 0.0550. The second-order valence-corrected chi connectivity index (χ2v) is 4.72. The van der Waals surface area contributed by atoms with E-state index in [0.29, 0.717) is 5.56 Å². The third kappa shape index (κ3) is 2.35. The van der Waals surface area contributed by atoms with Crippen LogP contribution >= 0.6 is 22.6 Å². The summed E-state index contributed by atoms with van der Waals surface area (Å²) >= 11 is 2.05. The van der Waals surface area contributed by atoms with Crippen molar-refractivity contribution in [2.24, 2.45) is 0 Å². The number of hydrogen-bond donors (Lipinski definition) is 3. The number of carbonyl (C=O) groups is 1. The Labute approximate surface area is 114 Å². The number of halogens is 1. The first kappa shape index (κ1) is 12.6. The van der Waals surface area contributed by atoms with Gasteiger partial charge in [0.2, 0.25) is 0 Å². The maximum atomic E-state index is 11.7. The monoisotopic (exact) mass is 358 g/mol. The standard InChI is InChI=1S/C11H7IN2O4/c12-6-3-1-2-5(4-6)7-8(10(16)17)13-11(18)14-9(7)15/h1-4H,(H,16,17)(H2,13,14,15,18). The van der Waals surface area contributed by atoms with Crippen LogP contribution in [0.15, 0.2) is 33.9 Å². The molecule has 1 aromatic carbocycles. The number of carboxylic acids is 1. The normalized spacial score (nSPS) is 10.3. The van der Waals surface area contributed by atoms with E-state index in [-0.39, 0.29) is 5.56 Å². The van der Waals surface area contributed by atoms with Gasteiger partial charge in [-0.25, -0.2) is 9.59 Å². The highest BCUT2D eigenvalue weighted by molar-refractivity contribution is 14.1.